The van der Waals surface area contributed by atoms with Crippen LogP contribution in [0.15, 0.2) is 53.6 Å². The topological polar surface area (TPSA) is 84.8 Å². The summed E-state index contributed by atoms with van der Waals surface area (Å²) < 4.78 is 0. The molecule has 2 rings (SSSR count). The van der Waals surface area contributed by atoms with E-state index in [0.29, 0.717) is 11.4 Å². The predicted molar refractivity (Wildman–Crippen MR) is 75.1 cm³/mol. The van der Waals surface area contributed by atoms with Crippen molar-refractivity contribution in [1.29, 1.82) is 0 Å². The van der Waals surface area contributed by atoms with Gasteiger partial charge in [-0.05, 0) is 30.7 Å². The second-order valence-electron chi connectivity index (χ2n) is 4.22. The summed E-state index contributed by atoms with van der Waals surface area (Å²) in [5, 5.41) is 24.1. The minimum Gasteiger partial charge on any atom is -0.872 e. The van der Waals surface area contributed by atoms with E-state index < -0.39 is 5.97 Å². The van der Waals surface area contributed by atoms with Gasteiger partial charge in [0.25, 0.3) is 0 Å². The summed E-state index contributed by atoms with van der Waals surface area (Å²) in [5.41, 5.74) is 5.11. The fraction of sp³-hybridized carbons (Fsp3) is 0.0667. The molecule has 102 valence electrons. The first-order chi connectivity index (χ1) is 9.56. The lowest BCUT2D eigenvalue weighted by atomic mass is 10.1. The van der Waals surface area contributed by atoms with E-state index in [2.05, 4.69) is 10.5 Å². The van der Waals surface area contributed by atoms with Crippen LogP contribution in [0.25, 0.3) is 0 Å². The highest BCUT2D eigenvalue weighted by Crippen LogP contribution is 2.12. The number of hydrogen-bond acceptors (Lipinski definition) is 4. The minimum absolute atomic E-state index is 0.0522. The van der Waals surface area contributed by atoms with Gasteiger partial charge in [-0.3, -0.25) is 5.43 Å². The quantitative estimate of drug-likeness (QED) is 0.658. The van der Waals surface area contributed by atoms with Crippen LogP contribution in [0.5, 0.6) is 5.75 Å². The first-order valence-electron chi connectivity index (χ1n) is 5.97. The summed E-state index contributed by atoms with van der Waals surface area (Å²) in [6.45, 7) is 1.80. The van der Waals surface area contributed by atoms with Crippen molar-refractivity contribution in [2.24, 2.45) is 5.10 Å². The molecule has 0 heterocycles. The number of benzene rings is 2. The molecular weight excluding hydrogens is 256 g/mol. The summed E-state index contributed by atoms with van der Waals surface area (Å²) >= 11 is 0. The number of nitrogens with one attached hydrogen (secondary N) is 1. The van der Waals surface area contributed by atoms with Crippen LogP contribution in [-0.4, -0.2) is 16.8 Å². The number of anilines is 1. The number of carboxylic acid groups (broad SMARTS) is 1. The average Bonchev–Trinajstić information content (AvgIpc) is 2.46. The Kier molecular flexibility index (Phi) is 4.00. The zero-order valence-corrected chi connectivity index (χ0v) is 10.8. The molecule has 2 N–H and O–H groups in total. The molecule has 2 aromatic rings. The maximum atomic E-state index is 11.0. The molecule has 0 amide bonds. The van der Waals surface area contributed by atoms with Crippen molar-refractivity contribution in [3.05, 3.63) is 59.7 Å². The van der Waals surface area contributed by atoms with Crippen molar-refractivity contribution in [3.8, 4) is 5.75 Å². The van der Waals surface area contributed by atoms with Gasteiger partial charge < -0.3 is 10.2 Å². The molecule has 0 aliphatic heterocycles. The van der Waals surface area contributed by atoms with Crippen LogP contribution in [0.1, 0.15) is 22.8 Å². The van der Waals surface area contributed by atoms with E-state index in [9.17, 15) is 9.90 Å². The van der Waals surface area contributed by atoms with Crippen molar-refractivity contribution in [2.75, 3.05) is 5.43 Å². The fourth-order valence-corrected chi connectivity index (χ4v) is 1.63. The van der Waals surface area contributed by atoms with E-state index in [4.69, 9.17) is 5.11 Å². The van der Waals surface area contributed by atoms with Crippen molar-refractivity contribution in [2.45, 2.75) is 6.92 Å². The molecular formula is C15H13N2O3-. The van der Waals surface area contributed by atoms with Crippen molar-refractivity contribution >= 4 is 17.4 Å². The molecule has 2 aromatic carbocycles. The monoisotopic (exact) mass is 269 g/mol. The molecule has 0 aliphatic carbocycles. The second kappa shape index (κ2) is 5.88. The van der Waals surface area contributed by atoms with Gasteiger partial charge in [0.15, 0.2) is 0 Å². The van der Waals surface area contributed by atoms with E-state index in [-0.39, 0.29) is 11.3 Å². The van der Waals surface area contributed by atoms with Crippen molar-refractivity contribution in [3.63, 3.8) is 0 Å². The molecule has 0 fully saturated rings. The lowest BCUT2D eigenvalue weighted by Crippen LogP contribution is -2.01. The minimum atomic E-state index is -0.986. The number of carboxylic acids is 1. The highest BCUT2D eigenvalue weighted by Gasteiger charge is 2.02. The van der Waals surface area contributed by atoms with Crippen LogP contribution in [0.4, 0.5) is 5.69 Å². The molecule has 0 unspecified atom stereocenters. The normalized spacial score (nSPS) is 11.2. The molecule has 5 nitrogen and oxygen atoms in total. The van der Waals surface area contributed by atoms with Crippen molar-refractivity contribution < 1.29 is 15.0 Å². The van der Waals surface area contributed by atoms with E-state index in [0.717, 1.165) is 5.56 Å². The van der Waals surface area contributed by atoms with E-state index in [1.807, 2.05) is 0 Å². The summed E-state index contributed by atoms with van der Waals surface area (Å²) in [4.78, 5) is 10.9. The van der Waals surface area contributed by atoms with Crippen LogP contribution >= 0.6 is 0 Å². The zero-order valence-electron chi connectivity index (χ0n) is 10.8. The Balaban J connectivity index is 2.14. The predicted octanol–water partition coefficient (Wildman–Crippen LogP) is 2.29. The standard InChI is InChI=1S/C15H14N2O3/c1-10(11-5-7-14(18)8-6-11)16-17-13-4-2-3-12(9-13)15(19)20/h2-9,17-18H,1H3,(H,19,20)/p-1/b16-10+. The molecule has 0 radical (unpaired) electrons. The molecule has 0 saturated heterocycles. The Bertz CT molecular complexity index is 648. The number of carbonyl (C=O) groups is 1. The lowest BCUT2D eigenvalue weighted by Gasteiger charge is -2.07. The number of hydrogen-bond donors (Lipinski definition) is 2. The highest BCUT2D eigenvalue weighted by molar-refractivity contribution is 5.99. The van der Waals surface area contributed by atoms with Gasteiger partial charge in [-0.2, -0.15) is 5.10 Å². The molecule has 20 heavy (non-hydrogen) atoms. The largest absolute Gasteiger partial charge is 0.872 e. The Morgan fingerprint density at radius 1 is 1.15 bits per heavy atom. The lowest BCUT2D eigenvalue weighted by molar-refractivity contribution is -0.268. The SMILES string of the molecule is C/C(=N\Nc1cccc(C(=O)O)c1)c1ccc([O-])cc1. The Morgan fingerprint density at radius 3 is 2.50 bits per heavy atom. The second-order valence-corrected chi connectivity index (χ2v) is 4.22. The third kappa shape index (κ3) is 3.35. The van der Waals surface area contributed by atoms with Gasteiger partial charge in [-0.25, -0.2) is 4.79 Å². The summed E-state index contributed by atoms with van der Waals surface area (Å²) in [7, 11) is 0. The van der Waals surface area contributed by atoms with Crippen LogP contribution in [0, 0.1) is 0 Å². The van der Waals surface area contributed by atoms with Gasteiger partial charge in [-0.15, -0.1) is 5.75 Å². The Hall–Kier alpha value is -2.82. The van der Waals surface area contributed by atoms with Gasteiger partial charge in [-0.1, -0.05) is 30.3 Å². The van der Waals surface area contributed by atoms with Crippen LogP contribution in [0.2, 0.25) is 0 Å². The van der Waals surface area contributed by atoms with E-state index >= 15 is 0 Å². The van der Waals surface area contributed by atoms with Crippen LogP contribution < -0.4 is 10.5 Å². The first kappa shape index (κ1) is 13.6. The number of hydrazone groups is 1. The number of aromatic carboxylic acids is 1. The number of nitrogens with zero attached hydrogens (tertiary/aromatic N) is 1. The third-order valence-corrected chi connectivity index (χ3v) is 2.73. The average molecular weight is 269 g/mol. The third-order valence-electron chi connectivity index (χ3n) is 2.73. The van der Waals surface area contributed by atoms with Crippen LogP contribution in [0.3, 0.4) is 0 Å². The fourth-order valence-electron chi connectivity index (χ4n) is 1.63. The molecule has 0 saturated carbocycles. The van der Waals surface area contributed by atoms with Gasteiger partial charge in [0.05, 0.1) is 17.0 Å². The summed E-state index contributed by atoms with van der Waals surface area (Å²) in [5.74, 6) is -1.04. The maximum absolute atomic E-state index is 11.0. The van der Waals surface area contributed by atoms with E-state index in [1.54, 1.807) is 31.2 Å². The Labute approximate surface area is 116 Å². The maximum Gasteiger partial charge on any atom is 0.335 e. The van der Waals surface area contributed by atoms with Gasteiger partial charge in [0, 0.05) is 0 Å². The van der Waals surface area contributed by atoms with Crippen LogP contribution in [-0.2, 0) is 0 Å². The molecule has 0 atom stereocenters. The first-order valence-corrected chi connectivity index (χ1v) is 5.97. The van der Waals surface area contributed by atoms with Gasteiger partial charge in [0.1, 0.15) is 0 Å². The van der Waals surface area contributed by atoms with Crippen molar-refractivity contribution in [1.82, 2.24) is 0 Å². The summed E-state index contributed by atoms with van der Waals surface area (Å²) in [6, 6.07) is 12.7. The summed E-state index contributed by atoms with van der Waals surface area (Å²) in [6.07, 6.45) is 0. The molecule has 0 bridgehead atoms. The smallest absolute Gasteiger partial charge is 0.335 e. The van der Waals surface area contributed by atoms with Gasteiger partial charge in [0.2, 0.25) is 0 Å². The van der Waals surface area contributed by atoms with Gasteiger partial charge >= 0.3 is 5.97 Å². The number of rotatable bonds is 4. The highest BCUT2D eigenvalue weighted by atomic mass is 16.4. The molecule has 5 heteroatoms. The molecule has 0 aromatic heterocycles. The Morgan fingerprint density at radius 2 is 1.85 bits per heavy atom. The molecule has 0 aliphatic rings. The molecule has 0 spiro atoms. The van der Waals surface area contributed by atoms with E-state index in [1.165, 1.54) is 24.3 Å². The zero-order chi connectivity index (χ0) is 14.5.